The Bertz CT molecular complexity index is 1210. The molecule has 0 spiro atoms. The molecule has 0 radical (unpaired) electrons. The predicted octanol–water partition coefficient (Wildman–Crippen LogP) is 4.40. The first-order chi connectivity index (χ1) is 15.5. The third-order valence-corrected chi connectivity index (χ3v) is 5.29. The van der Waals surface area contributed by atoms with Crippen molar-refractivity contribution in [1.82, 2.24) is 5.32 Å². The summed E-state index contributed by atoms with van der Waals surface area (Å²) in [6.45, 7) is 3.14. The minimum Gasteiger partial charge on any atom is -0.462 e. The van der Waals surface area contributed by atoms with Crippen molar-refractivity contribution in [3.05, 3.63) is 70.2 Å². The second-order valence-electron chi connectivity index (χ2n) is 7.38. The van der Waals surface area contributed by atoms with E-state index in [-0.39, 0.29) is 29.7 Å². The number of carbonyl (C=O) groups is 2. The molecule has 8 heteroatoms. The van der Waals surface area contributed by atoms with E-state index in [2.05, 4.69) is 10.3 Å². The zero-order chi connectivity index (χ0) is 22.5. The molecule has 0 saturated carbocycles. The summed E-state index contributed by atoms with van der Waals surface area (Å²) in [7, 11) is 0. The highest BCUT2D eigenvalue weighted by Crippen LogP contribution is 2.20. The lowest BCUT2D eigenvalue weighted by molar-refractivity contribution is 0.0526. The minimum absolute atomic E-state index is 0.00689. The Morgan fingerprint density at radius 1 is 1.22 bits per heavy atom. The van der Waals surface area contributed by atoms with Crippen molar-refractivity contribution in [1.29, 1.82) is 0 Å². The van der Waals surface area contributed by atoms with Gasteiger partial charge in [-0.1, -0.05) is 17.7 Å². The number of benzene rings is 2. The van der Waals surface area contributed by atoms with Crippen LogP contribution in [0.1, 0.15) is 40.5 Å². The van der Waals surface area contributed by atoms with E-state index in [0.29, 0.717) is 40.4 Å². The van der Waals surface area contributed by atoms with E-state index in [1.165, 1.54) is 0 Å². The van der Waals surface area contributed by atoms with Crippen molar-refractivity contribution in [3.8, 4) is 0 Å². The lowest BCUT2D eigenvalue weighted by Gasteiger charge is -2.11. The number of esters is 1. The zero-order valence-corrected chi connectivity index (χ0v) is 18.4. The number of amides is 1. The maximum Gasteiger partial charge on any atom is 0.338 e. The molecule has 1 aliphatic rings. The normalized spacial score (nSPS) is 16.3. The van der Waals surface area contributed by atoms with E-state index < -0.39 is 5.97 Å². The van der Waals surface area contributed by atoms with Gasteiger partial charge in [-0.15, -0.1) is 0 Å². The number of rotatable bonds is 6. The first-order valence-electron chi connectivity index (χ1n) is 10.5. The summed E-state index contributed by atoms with van der Waals surface area (Å²) in [4.78, 5) is 29.6. The predicted molar refractivity (Wildman–Crippen MR) is 120 cm³/mol. The Labute approximate surface area is 190 Å². The fourth-order valence-corrected chi connectivity index (χ4v) is 3.67. The van der Waals surface area contributed by atoms with Gasteiger partial charge in [0.1, 0.15) is 11.1 Å². The van der Waals surface area contributed by atoms with E-state index in [0.717, 1.165) is 12.8 Å². The van der Waals surface area contributed by atoms with Crippen molar-refractivity contribution < 1.29 is 23.5 Å². The molecule has 1 aliphatic heterocycles. The van der Waals surface area contributed by atoms with Crippen LogP contribution in [-0.2, 0) is 9.47 Å². The van der Waals surface area contributed by atoms with Crippen LogP contribution in [0.15, 0.2) is 57.9 Å². The van der Waals surface area contributed by atoms with Crippen molar-refractivity contribution >= 4 is 40.1 Å². The van der Waals surface area contributed by atoms with Gasteiger partial charge in [-0.25, -0.2) is 9.79 Å². The third kappa shape index (κ3) is 5.18. The largest absolute Gasteiger partial charge is 0.462 e. The summed E-state index contributed by atoms with van der Waals surface area (Å²) in [5, 5.41) is 4.11. The summed E-state index contributed by atoms with van der Waals surface area (Å²) in [5.41, 5.74) is 1.75. The van der Waals surface area contributed by atoms with Crippen LogP contribution in [0.3, 0.4) is 0 Å². The van der Waals surface area contributed by atoms with Crippen LogP contribution in [0.25, 0.3) is 11.0 Å². The highest BCUT2D eigenvalue weighted by molar-refractivity contribution is 6.31. The number of hydrogen-bond acceptors (Lipinski definition) is 6. The van der Waals surface area contributed by atoms with Gasteiger partial charge >= 0.3 is 5.97 Å². The number of ether oxygens (including phenoxy) is 2. The Hall–Kier alpha value is -3.16. The second-order valence-corrected chi connectivity index (χ2v) is 7.81. The lowest BCUT2D eigenvalue weighted by atomic mass is 10.1. The van der Waals surface area contributed by atoms with Gasteiger partial charge in [-0.05, 0) is 62.2 Å². The smallest absolute Gasteiger partial charge is 0.338 e. The molecule has 0 bridgehead atoms. The van der Waals surface area contributed by atoms with Crippen LogP contribution in [0.2, 0.25) is 5.02 Å². The van der Waals surface area contributed by atoms with Crippen molar-refractivity contribution in [2.24, 2.45) is 4.99 Å². The lowest BCUT2D eigenvalue weighted by Crippen LogP contribution is -2.34. The Kier molecular flexibility index (Phi) is 6.87. The molecule has 7 nitrogen and oxygen atoms in total. The van der Waals surface area contributed by atoms with Crippen LogP contribution in [0.5, 0.6) is 0 Å². The standard InChI is InChI=1S/C24H23ClN2O5/c1-2-30-24(29)15-5-3-6-18(12-15)27-23-20(22(28)26-14-19-7-4-10-31-19)13-16-11-17(25)8-9-21(16)32-23/h3,5-6,8-9,11-13,19H,2,4,7,10,14H2,1H3,(H,26,28)/t19-/m0/s1. The number of fused-ring (bicyclic) bond motifs is 1. The quantitative estimate of drug-likeness (QED) is 0.557. The molecule has 2 heterocycles. The number of carbonyl (C=O) groups excluding carboxylic acids is 2. The molecule has 3 aromatic rings. The highest BCUT2D eigenvalue weighted by atomic mass is 35.5. The highest BCUT2D eigenvalue weighted by Gasteiger charge is 2.19. The van der Waals surface area contributed by atoms with Crippen LogP contribution in [0.4, 0.5) is 5.69 Å². The summed E-state index contributed by atoms with van der Waals surface area (Å²) in [6.07, 6.45) is 1.91. The number of halogens is 1. The first kappa shape index (κ1) is 22.0. The van der Waals surface area contributed by atoms with Crippen LogP contribution >= 0.6 is 11.6 Å². The molecule has 0 unspecified atom stereocenters. The number of hydrogen-bond donors (Lipinski definition) is 1. The molecule has 166 valence electrons. The Morgan fingerprint density at radius 2 is 2.09 bits per heavy atom. The van der Waals surface area contributed by atoms with Crippen molar-refractivity contribution in [2.75, 3.05) is 19.8 Å². The average Bonchev–Trinajstić information content (AvgIpc) is 3.31. The molecule has 1 saturated heterocycles. The van der Waals surface area contributed by atoms with E-state index in [4.69, 9.17) is 25.5 Å². The van der Waals surface area contributed by atoms with E-state index in [1.807, 2.05) is 0 Å². The molecular formula is C24H23ClN2O5. The topological polar surface area (TPSA) is 90.1 Å². The average molecular weight is 455 g/mol. The van der Waals surface area contributed by atoms with Gasteiger partial charge in [-0.3, -0.25) is 4.79 Å². The number of nitrogens with zero attached hydrogens (tertiary/aromatic N) is 1. The van der Waals surface area contributed by atoms with Gasteiger partial charge in [0.05, 0.1) is 24.0 Å². The van der Waals surface area contributed by atoms with Gasteiger partial charge in [0.2, 0.25) is 5.55 Å². The van der Waals surface area contributed by atoms with Gasteiger partial charge in [0.15, 0.2) is 0 Å². The van der Waals surface area contributed by atoms with E-state index in [9.17, 15) is 9.59 Å². The molecule has 1 N–H and O–H groups in total. The minimum atomic E-state index is -0.441. The fraction of sp³-hybridized carbons (Fsp3) is 0.292. The second kappa shape index (κ2) is 9.97. The third-order valence-electron chi connectivity index (χ3n) is 5.06. The van der Waals surface area contributed by atoms with Gasteiger partial charge < -0.3 is 19.2 Å². The molecule has 1 aromatic heterocycles. The fourth-order valence-electron chi connectivity index (χ4n) is 3.49. The van der Waals surface area contributed by atoms with Crippen LogP contribution in [-0.4, -0.2) is 37.7 Å². The van der Waals surface area contributed by atoms with E-state index >= 15 is 0 Å². The van der Waals surface area contributed by atoms with Crippen LogP contribution in [0, 0.1) is 0 Å². The SMILES string of the molecule is CCOC(=O)c1cccc(N=c2oc3ccc(Cl)cc3cc2C(=O)NC[C@@H]2CCCO2)c1. The summed E-state index contributed by atoms with van der Waals surface area (Å²) in [6, 6.07) is 13.5. The van der Waals surface area contributed by atoms with Gasteiger partial charge in [-0.2, -0.15) is 0 Å². The summed E-state index contributed by atoms with van der Waals surface area (Å²) >= 11 is 6.11. The molecule has 4 rings (SSSR count). The van der Waals surface area contributed by atoms with Crippen molar-refractivity contribution in [3.63, 3.8) is 0 Å². The summed E-state index contributed by atoms with van der Waals surface area (Å²) in [5.74, 6) is -0.768. The summed E-state index contributed by atoms with van der Waals surface area (Å²) < 4.78 is 16.6. The van der Waals surface area contributed by atoms with Gasteiger partial charge in [0.25, 0.3) is 5.91 Å². The zero-order valence-electron chi connectivity index (χ0n) is 17.6. The molecule has 32 heavy (non-hydrogen) atoms. The molecule has 0 aliphatic carbocycles. The van der Waals surface area contributed by atoms with E-state index in [1.54, 1.807) is 55.5 Å². The first-order valence-corrected chi connectivity index (χ1v) is 10.9. The maximum absolute atomic E-state index is 13.0. The van der Waals surface area contributed by atoms with Crippen LogP contribution < -0.4 is 10.9 Å². The Balaban J connectivity index is 1.74. The molecule has 2 aromatic carbocycles. The molecule has 1 amide bonds. The Morgan fingerprint density at radius 3 is 2.88 bits per heavy atom. The van der Waals surface area contributed by atoms with Crippen molar-refractivity contribution in [2.45, 2.75) is 25.9 Å². The number of nitrogens with one attached hydrogen (secondary N) is 1. The monoisotopic (exact) mass is 454 g/mol. The molecule has 1 atom stereocenters. The maximum atomic E-state index is 13.0. The molecular weight excluding hydrogens is 432 g/mol. The van der Waals surface area contributed by atoms with Gasteiger partial charge in [0, 0.05) is 23.6 Å². The molecule has 1 fully saturated rings.